The minimum atomic E-state index is 0.635. The molecular formula is C11H22N2. The predicted octanol–water partition coefficient (Wildman–Crippen LogP) is 1.61. The molecule has 76 valence electrons. The van der Waals surface area contributed by atoms with Crippen molar-refractivity contribution in [1.29, 1.82) is 0 Å². The highest BCUT2D eigenvalue weighted by Gasteiger charge is 2.39. The second-order valence-corrected chi connectivity index (χ2v) is 4.97. The van der Waals surface area contributed by atoms with Crippen LogP contribution in [-0.2, 0) is 0 Å². The Balaban J connectivity index is 1.98. The summed E-state index contributed by atoms with van der Waals surface area (Å²) in [5.74, 6) is 0. The highest BCUT2D eigenvalue weighted by molar-refractivity contribution is 4.98. The molecule has 0 aromatic carbocycles. The lowest BCUT2D eigenvalue weighted by molar-refractivity contribution is 0.135. The van der Waals surface area contributed by atoms with E-state index in [0.29, 0.717) is 6.04 Å². The van der Waals surface area contributed by atoms with E-state index < -0.39 is 0 Å². The van der Waals surface area contributed by atoms with Gasteiger partial charge >= 0.3 is 0 Å². The van der Waals surface area contributed by atoms with Gasteiger partial charge in [0.2, 0.25) is 0 Å². The molecule has 1 unspecified atom stereocenters. The first-order valence-corrected chi connectivity index (χ1v) is 5.66. The molecule has 2 aliphatic rings. The molecule has 2 fully saturated rings. The third-order valence-electron chi connectivity index (χ3n) is 3.72. The van der Waals surface area contributed by atoms with Gasteiger partial charge in [-0.25, -0.2) is 0 Å². The topological polar surface area (TPSA) is 15.3 Å². The summed E-state index contributed by atoms with van der Waals surface area (Å²) in [6.07, 6.45) is 5.62. The van der Waals surface area contributed by atoms with Crippen LogP contribution in [0.25, 0.3) is 0 Å². The van der Waals surface area contributed by atoms with Gasteiger partial charge in [0, 0.05) is 24.2 Å². The third kappa shape index (κ3) is 1.75. The van der Waals surface area contributed by atoms with Gasteiger partial charge in [0.25, 0.3) is 0 Å². The number of nitrogens with zero attached hydrogens (tertiary/aromatic N) is 1. The smallest absolute Gasteiger partial charge is 0.0249 e. The molecule has 2 rings (SSSR count). The summed E-state index contributed by atoms with van der Waals surface area (Å²) in [7, 11) is 2.30. The minimum Gasteiger partial charge on any atom is -0.310 e. The Morgan fingerprint density at radius 1 is 1.15 bits per heavy atom. The first kappa shape index (κ1) is 9.47. The van der Waals surface area contributed by atoms with Gasteiger partial charge in [0.15, 0.2) is 0 Å². The molecule has 0 aliphatic carbocycles. The van der Waals surface area contributed by atoms with Gasteiger partial charge < -0.3 is 5.32 Å². The van der Waals surface area contributed by atoms with Gasteiger partial charge in [0.05, 0.1) is 0 Å². The molecule has 0 aromatic rings. The van der Waals surface area contributed by atoms with Gasteiger partial charge in [-0.15, -0.1) is 0 Å². The lowest BCUT2D eigenvalue weighted by atomic mass is 9.97. The Bertz CT molecular complexity index is 179. The quantitative estimate of drug-likeness (QED) is 0.698. The molecule has 3 atom stereocenters. The molecule has 1 N–H and O–H groups in total. The van der Waals surface area contributed by atoms with Crippen LogP contribution in [0.1, 0.15) is 39.5 Å². The number of hydrogen-bond acceptors (Lipinski definition) is 2. The van der Waals surface area contributed by atoms with Gasteiger partial charge in [-0.1, -0.05) is 13.8 Å². The number of fused-ring (bicyclic) bond motifs is 2. The largest absolute Gasteiger partial charge is 0.310 e. The average molecular weight is 182 g/mol. The van der Waals surface area contributed by atoms with Crippen LogP contribution in [0, 0.1) is 0 Å². The summed E-state index contributed by atoms with van der Waals surface area (Å²) in [4.78, 5) is 2.60. The molecular weight excluding hydrogens is 160 g/mol. The van der Waals surface area contributed by atoms with Crippen LogP contribution >= 0.6 is 0 Å². The molecule has 2 saturated heterocycles. The maximum absolute atomic E-state index is 3.70. The third-order valence-corrected chi connectivity index (χ3v) is 3.72. The standard InChI is InChI=1S/C11H22N2/c1-8(2)12-10-6-4-9-5-7-11(10)13(9)3/h8-12H,4-7H2,1-3H3/t9-,10?,11-/m1/s1. The van der Waals surface area contributed by atoms with Crippen molar-refractivity contribution in [2.45, 2.75) is 63.7 Å². The van der Waals surface area contributed by atoms with E-state index in [1.54, 1.807) is 0 Å². The van der Waals surface area contributed by atoms with Crippen molar-refractivity contribution in [2.24, 2.45) is 0 Å². The zero-order valence-corrected chi connectivity index (χ0v) is 9.09. The molecule has 2 heterocycles. The van der Waals surface area contributed by atoms with Crippen molar-refractivity contribution in [3.05, 3.63) is 0 Å². The molecule has 2 aliphatic heterocycles. The van der Waals surface area contributed by atoms with E-state index in [0.717, 1.165) is 18.1 Å². The number of rotatable bonds is 2. The monoisotopic (exact) mass is 182 g/mol. The minimum absolute atomic E-state index is 0.635. The fourth-order valence-corrected chi connectivity index (χ4v) is 3.06. The second-order valence-electron chi connectivity index (χ2n) is 4.97. The summed E-state index contributed by atoms with van der Waals surface area (Å²) in [5, 5.41) is 3.70. The van der Waals surface area contributed by atoms with Crippen LogP contribution in [0.15, 0.2) is 0 Å². The highest BCUT2D eigenvalue weighted by Crippen LogP contribution is 2.34. The first-order chi connectivity index (χ1) is 6.18. The van der Waals surface area contributed by atoms with Crippen LogP contribution in [0.3, 0.4) is 0 Å². The Morgan fingerprint density at radius 2 is 1.85 bits per heavy atom. The van der Waals surface area contributed by atoms with Gasteiger partial charge in [0.1, 0.15) is 0 Å². The van der Waals surface area contributed by atoms with E-state index in [2.05, 4.69) is 31.1 Å². The molecule has 2 bridgehead atoms. The van der Waals surface area contributed by atoms with Crippen molar-refractivity contribution in [1.82, 2.24) is 10.2 Å². The Kier molecular flexibility index (Phi) is 2.61. The Hall–Kier alpha value is -0.0800. The first-order valence-electron chi connectivity index (χ1n) is 5.66. The molecule has 0 aromatic heterocycles. The van der Waals surface area contributed by atoms with Crippen LogP contribution < -0.4 is 5.32 Å². The summed E-state index contributed by atoms with van der Waals surface area (Å²) in [6, 6.07) is 3.11. The van der Waals surface area contributed by atoms with Crippen LogP contribution in [0.2, 0.25) is 0 Å². The second kappa shape index (κ2) is 3.58. The zero-order valence-electron chi connectivity index (χ0n) is 9.09. The predicted molar refractivity (Wildman–Crippen MR) is 55.9 cm³/mol. The number of hydrogen-bond donors (Lipinski definition) is 1. The van der Waals surface area contributed by atoms with E-state index in [1.165, 1.54) is 25.7 Å². The van der Waals surface area contributed by atoms with Crippen LogP contribution in [-0.4, -0.2) is 36.1 Å². The average Bonchev–Trinajstić information content (AvgIpc) is 2.31. The van der Waals surface area contributed by atoms with Crippen molar-refractivity contribution >= 4 is 0 Å². The molecule has 0 amide bonds. The van der Waals surface area contributed by atoms with Crippen molar-refractivity contribution < 1.29 is 0 Å². The molecule has 0 spiro atoms. The van der Waals surface area contributed by atoms with Crippen molar-refractivity contribution in [3.63, 3.8) is 0 Å². The van der Waals surface area contributed by atoms with E-state index in [1.807, 2.05) is 0 Å². The SMILES string of the molecule is CC(C)NC1CC[C@@H]2CC[C@H]1N2C. The van der Waals surface area contributed by atoms with E-state index >= 15 is 0 Å². The number of likely N-dealkylation sites (N-methyl/N-ethyl adjacent to an activating group) is 1. The zero-order chi connectivity index (χ0) is 9.42. The van der Waals surface area contributed by atoms with Gasteiger partial charge in [-0.3, -0.25) is 4.90 Å². The fraction of sp³-hybridized carbons (Fsp3) is 1.00. The molecule has 2 heteroatoms. The Labute approximate surface area is 81.7 Å². The van der Waals surface area contributed by atoms with Crippen LogP contribution in [0.4, 0.5) is 0 Å². The van der Waals surface area contributed by atoms with Crippen LogP contribution in [0.5, 0.6) is 0 Å². The van der Waals surface area contributed by atoms with Gasteiger partial charge in [-0.05, 0) is 32.7 Å². The maximum atomic E-state index is 3.70. The number of nitrogens with one attached hydrogen (secondary N) is 1. The molecule has 2 nitrogen and oxygen atoms in total. The lowest BCUT2D eigenvalue weighted by Gasteiger charge is -2.38. The normalized spacial score (nSPS) is 40.2. The maximum Gasteiger partial charge on any atom is 0.0249 e. The van der Waals surface area contributed by atoms with E-state index in [-0.39, 0.29) is 0 Å². The number of piperidine rings is 1. The summed E-state index contributed by atoms with van der Waals surface area (Å²) < 4.78 is 0. The summed E-state index contributed by atoms with van der Waals surface area (Å²) >= 11 is 0. The summed E-state index contributed by atoms with van der Waals surface area (Å²) in [5.41, 5.74) is 0. The lowest BCUT2D eigenvalue weighted by Crippen LogP contribution is -2.52. The molecule has 13 heavy (non-hydrogen) atoms. The van der Waals surface area contributed by atoms with E-state index in [4.69, 9.17) is 0 Å². The Morgan fingerprint density at radius 3 is 2.54 bits per heavy atom. The van der Waals surface area contributed by atoms with Crippen molar-refractivity contribution in [3.8, 4) is 0 Å². The van der Waals surface area contributed by atoms with Crippen molar-refractivity contribution in [2.75, 3.05) is 7.05 Å². The molecule has 0 saturated carbocycles. The van der Waals surface area contributed by atoms with E-state index in [9.17, 15) is 0 Å². The summed E-state index contributed by atoms with van der Waals surface area (Å²) in [6.45, 7) is 4.50. The highest BCUT2D eigenvalue weighted by atomic mass is 15.2. The van der Waals surface area contributed by atoms with Gasteiger partial charge in [-0.2, -0.15) is 0 Å². The fourth-order valence-electron chi connectivity index (χ4n) is 3.06. The molecule has 0 radical (unpaired) electrons.